The summed E-state index contributed by atoms with van der Waals surface area (Å²) < 4.78 is 17.2. The summed E-state index contributed by atoms with van der Waals surface area (Å²) in [5.41, 5.74) is 13.6. The minimum Gasteiger partial charge on any atom is -0.377 e. The number of nitrogens with two attached hydrogens (primary N) is 2. The van der Waals surface area contributed by atoms with Gasteiger partial charge in [0.25, 0.3) is 0 Å². The first-order valence-electron chi connectivity index (χ1n) is 8.12. The maximum absolute atomic E-state index is 6.01. The van der Waals surface area contributed by atoms with E-state index in [0.29, 0.717) is 19.7 Å². The molecule has 0 saturated carbocycles. The fourth-order valence-electron chi connectivity index (χ4n) is 2.38. The van der Waals surface area contributed by atoms with Gasteiger partial charge in [-0.05, 0) is 37.1 Å². The largest absolute Gasteiger partial charge is 0.501 e. The first kappa shape index (κ1) is 20.2. The van der Waals surface area contributed by atoms with Crippen LogP contribution in [0.5, 0.6) is 0 Å². The van der Waals surface area contributed by atoms with Gasteiger partial charge in [0, 0.05) is 40.0 Å². The van der Waals surface area contributed by atoms with Crippen molar-refractivity contribution in [2.45, 2.75) is 18.9 Å². The summed E-state index contributed by atoms with van der Waals surface area (Å²) >= 11 is 0. The van der Waals surface area contributed by atoms with Crippen LogP contribution in [-0.4, -0.2) is 55.8 Å². The topological polar surface area (TPSA) is 91.8 Å². The highest BCUT2D eigenvalue weighted by Gasteiger charge is 2.38. The lowest BCUT2D eigenvalue weighted by molar-refractivity contribution is 0.0994. The number of benzene rings is 1. The lowest BCUT2D eigenvalue weighted by Gasteiger charge is -2.26. The molecule has 6 nitrogen and oxygen atoms in total. The predicted molar refractivity (Wildman–Crippen MR) is 95.4 cm³/mol. The molecular weight excluding hydrogens is 310 g/mol. The summed E-state index contributed by atoms with van der Waals surface area (Å²) in [6.45, 7) is 3.42. The number of hydrogen-bond donors (Lipinski definition) is 3. The Bertz CT molecular complexity index is 431. The fourth-order valence-corrected chi connectivity index (χ4v) is 4.23. The molecule has 0 unspecified atom stereocenters. The van der Waals surface area contributed by atoms with Crippen molar-refractivity contribution in [2.75, 3.05) is 47.0 Å². The highest BCUT2D eigenvalue weighted by atomic mass is 28.4. The van der Waals surface area contributed by atoms with Crippen LogP contribution in [0.25, 0.3) is 0 Å². The van der Waals surface area contributed by atoms with E-state index in [9.17, 15) is 0 Å². The highest BCUT2D eigenvalue weighted by Crippen LogP contribution is 2.14. The molecule has 132 valence electrons. The second-order valence-electron chi connectivity index (χ2n) is 5.34. The Balaban J connectivity index is 2.46. The minimum atomic E-state index is -2.60. The van der Waals surface area contributed by atoms with E-state index in [0.717, 1.165) is 32.0 Å². The van der Waals surface area contributed by atoms with Crippen LogP contribution < -0.4 is 16.8 Å². The molecule has 0 aromatic heterocycles. The van der Waals surface area contributed by atoms with Gasteiger partial charge in [0.1, 0.15) is 0 Å². The van der Waals surface area contributed by atoms with Gasteiger partial charge < -0.3 is 30.1 Å². The molecule has 0 atom stereocenters. The molecule has 23 heavy (non-hydrogen) atoms. The molecule has 1 aromatic carbocycles. The predicted octanol–water partition coefficient (Wildman–Crippen LogP) is 0.527. The molecular formula is C16H31N3O3Si. The van der Waals surface area contributed by atoms with Gasteiger partial charge in [-0.3, -0.25) is 0 Å². The molecule has 0 bridgehead atoms. The van der Waals surface area contributed by atoms with Gasteiger partial charge in [-0.25, -0.2) is 0 Å². The van der Waals surface area contributed by atoms with E-state index in [1.807, 2.05) is 0 Å². The zero-order valence-corrected chi connectivity index (χ0v) is 15.3. The van der Waals surface area contributed by atoms with Gasteiger partial charge in [0.15, 0.2) is 0 Å². The molecule has 0 radical (unpaired) electrons. The lowest BCUT2D eigenvalue weighted by atomic mass is 10.1. The molecule has 0 saturated heterocycles. The summed E-state index contributed by atoms with van der Waals surface area (Å²) in [6, 6.07) is 9.18. The molecule has 0 heterocycles. The van der Waals surface area contributed by atoms with Crippen LogP contribution in [0, 0.1) is 0 Å². The standard InChI is InChI=1S/C16H31N3O3Si/c1-20-23(21-2,13-11-19-10-9-18)22-12-7-16-5-3-4-15(14-16)6-8-17/h3-5,14,19H,6-13,17-18H2,1-2H3. The quantitative estimate of drug-likeness (QED) is 0.358. The van der Waals surface area contributed by atoms with E-state index in [1.165, 1.54) is 11.1 Å². The molecule has 1 rings (SSSR count). The second-order valence-corrected chi connectivity index (χ2v) is 8.31. The fraction of sp³-hybridized carbons (Fsp3) is 0.625. The van der Waals surface area contributed by atoms with Gasteiger partial charge in [-0.15, -0.1) is 0 Å². The molecule has 5 N–H and O–H groups in total. The molecule has 0 aliphatic rings. The third-order valence-electron chi connectivity index (χ3n) is 3.69. The van der Waals surface area contributed by atoms with Gasteiger partial charge in [0.2, 0.25) is 0 Å². The van der Waals surface area contributed by atoms with Crippen LogP contribution in [-0.2, 0) is 26.1 Å². The normalized spacial score (nSPS) is 11.8. The zero-order chi connectivity index (χ0) is 17.0. The molecule has 0 amide bonds. The summed E-state index contributed by atoms with van der Waals surface area (Å²) in [7, 11) is 0.707. The second kappa shape index (κ2) is 11.7. The highest BCUT2D eigenvalue weighted by molar-refractivity contribution is 6.60. The molecule has 0 aliphatic carbocycles. The summed E-state index contributed by atoms with van der Waals surface area (Å²) in [5, 5.41) is 3.25. The van der Waals surface area contributed by atoms with E-state index >= 15 is 0 Å². The first-order valence-corrected chi connectivity index (χ1v) is 10.1. The minimum absolute atomic E-state index is 0.580. The van der Waals surface area contributed by atoms with Crippen molar-refractivity contribution < 1.29 is 13.3 Å². The van der Waals surface area contributed by atoms with Crippen LogP contribution in [0.1, 0.15) is 11.1 Å². The van der Waals surface area contributed by atoms with Crippen molar-refractivity contribution in [3.63, 3.8) is 0 Å². The number of rotatable bonds is 13. The van der Waals surface area contributed by atoms with E-state index in [1.54, 1.807) is 14.2 Å². The van der Waals surface area contributed by atoms with Crippen LogP contribution in [0.3, 0.4) is 0 Å². The van der Waals surface area contributed by atoms with Crippen molar-refractivity contribution in [3.8, 4) is 0 Å². The number of nitrogens with one attached hydrogen (secondary N) is 1. The smallest absolute Gasteiger partial charge is 0.377 e. The van der Waals surface area contributed by atoms with Crippen molar-refractivity contribution in [1.82, 2.24) is 5.32 Å². The molecule has 0 aliphatic heterocycles. The Hall–Kier alpha value is -0.803. The summed E-state index contributed by atoms with van der Waals surface area (Å²) in [6.07, 6.45) is 1.73. The van der Waals surface area contributed by atoms with Crippen LogP contribution in [0.4, 0.5) is 0 Å². The van der Waals surface area contributed by atoms with Crippen molar-refractivity contribution >= 4 is 8.80 Å². The van der Waals surface area contributed by atoms with E-state index < -0.39 is 8.80 Å². The third kappa shape index (κ3) is 7.54. The van der Waals surface area contributed by atoms with Gasteiger partial charge in [0.05, 0.1) is 0 Å². The summed E-state index contributed by atoms with van der Waals surface area (Å²) in [4.78, 5) is 0. The summed E-state index contributed by atoms with van der Waals surface area (Å²) in [5.74, 6) is 0. The molecule has 7 heteroatoms. The maximum Gasteiger partial charge on any atom is 0.501 e. The SMILES string of the molecule is CO[Si](CCNCCN)(OC)OCCc1cccc(CCN)c1. The lowest BCUT2D eigenvalue weighted by Crippen LogP contribution is -2.46. The Morgan fingerprint density at radius 3 is 2.30 bits per heavy atom. The molecule has 0 spiro atoms. The van der Waals surface area contributed by atoms with Crippen molar-refractivity contribution in [1.29, 1.82) is 0 Å². The van der Waals surface area contributed by atoms with Crippen LogP contribution >= 0.6 is 0 Å². The van der Waals surface area contributed by atoms with Crippen LogP contribution in [0.2, 0.25) is 6.04 Å². The Morgan fingerprint density at radius 2 is 1.70 bits per heavy atom. The van der Waals surface area contributed by atoms with Gasteiger partial charge in [-0.2, -0.15) is 0 Å². The first-order chi connectivity index (χ1) is 11.2. The van der Waals surface area contributed by atoms with Crippen molar-refractivity contribution in [2.24, 2.45) is 11.5 Å². The monoisotopic (exact) mass is 341 g/mol. The van der Waals surface area contributed by atoms with Gasteiger partial charge >= 0.3 is 8.80 Å². The van der Waals surface area contributed by atoms with E-state index in [-0.39, 0.29) is 0 Å². The average molecular weight is 342 g/mol. The number of hydrogen-bond acceptors (Lipinski definition) is 6. The zero-order valence-electron chi connectivity index (χ0n) is 14.3. The van der Waals surface area contributed by atoms with Crippen LogP contribution in [0.15, 0.2) is 24.3 Å². The average Bonchev–Trinajstić information content (AvgIpc) is 2.58. The Labute approximate surface area is 140 Å². The maximum atomic E-state index is 6.01. The third-order valence-corrected chi connectivity index (χ3v) is 6.44. The van der Waals surface area contributed by atoms with E-state index in [2.05, 4.69) is 29.6 Å². The van der Waals surface area contributed by atoms with Crippen molar-refractivity contribution in [3.05, 3.63) is 35.4 Å². The Morgan fingerprint density at radius 1 is 1.00 bits per heavy atom. The van der Waals surface area contributed by atoms with E-state index in [4.69, 9.17) is 24.7 Å². The van der Waals surface area contributed by atoms with Gasteiger partial charge in [-0.1, -0.05) is 24.3 Å². The molecule has 0 fully saturated rings. The molecule has 1 aromatic rings. The Kier molecular flexibility index (Phi) is 10.3.